The third-order valence-corrected chi connectivity index (χ3v) is 27.8. The summed E-state index contributed by atoms with van der Waals surface area (Å²) >= 11 is 0. The first-order chi connectivity index (χ1) is 46.8. The number of hydrogen-bond acceptors (Lipinski definition) is 8. The second-order valence-electron chi connectivity index (χ2n) is 25.4. The summed E-state index contributed by atoms with van der Waals surface area (Å²) in [5, 5.41) is 28.1. The molecule has 0 aliphatic heterocycles. The summed E-state index contributed by atoms with van der Waals surface area (Å²) in [6, 6.07) is 45.2. The minimum Gasteiger partial charge on any atom is -0.489 e. The largest absolute Gasteiger partial charge is 0.489 e. The molecule has 0 fully saturated rings. The molecule has 3 aliphatic rings. The molecule has 4 aromatic carbocycles. The zero-order chi connectivity index (χ0) is 67.5. The van der Waals surface area contributed by atoms with Gasteiger partial charge in [-0.15, -0.1) is 5.10 Å². The van der Waals surface area contributed by atoms with E-state index in [0.717, 1.165) is 70.0 Å². The molecule has 0 amide bonds. The molecule has 0 atom stereocenters. The molecule has 95 heavy (non-hydrogen) atoms. The molecule has 0 saturated heterocycles. The van der Waals surface area contributed by atoms with E-state index in [0.29, 0.717) is 17.6 Å². The number of aryl methyl sites for hydroxylation is 3. The van der Waals surface area contributed by atoms with Crippen LogP contribution in [0.2, 0.25) is 0 Å². The van der Waals surface area contributed by atoms with E-state index < -0.39 is 14.5 Å². The fraction of sp³-hybridized carbons (Fsp3) is 0.494. The van der Waals surface area contributed by atoms with Crippen molar-refractivity contribution in [2.75, 3.05) is 26.5 Å². The number of hydrogen-bond donors (Lipinski definition) is 1. The molecule has 12 heteroatoms. The number of H-pyrrole nitrogens is 1. The molecule has 1 N–H and O–H groups in total. The molecule has 512 valence electrons. The first-order valence-electron chi connectivity index (χ1n) is 36.9. The summed E-state index contributed by atoms with van der Waals surface area (Å²) in [5.74, 6) is -0.395. The van der Waals surface area contributed by atoms with Gasteiger partial charge in [-0.3, -0.25) is 14.3 Å². The van der Waals surface area contributed by atoms with Crippen LogP contribution in [-0.4, -0.2) is 68.5 Å². The van der Waals surface area contributed by atoms with Crippen LogP contribution in [0.25, 0.3) is 0 Å². The van der Waals surface area contributed by atoms with Gasteiger partial charge < -0.3 is 9.47 Å². The van der Waals surface area contributed by atoms with Crippen molar-refractivity contribution in [1.29, 1.82) is 0 Å². The standard InChI is InChI=1S/C38H53N3P.C37H48O4P.C6H11N3.C2H6/c1-2-3-4-5-10-16-25-35-34-41(40-39-35)32-23-11-8-6-7-9-12-24-33-42(36-26-17-13-18-27-36,37-28-19-14-20-29-37)38-30-21-15-22-31-38;1-29-33(35(39)37(41-3)36(40-2)34(29)38)27-19-8-6-4-5-7-9-20-28-42(30-21-13-10-14-22-30,31-23-15-11-16-24-31)32-25-17-12-18-26-32;1-2-3-4-6-5-7-9-8-6;1-2/h13-15,17-22,26-31,34H,2-12,16,23-25,32-33H2,1H3;10,13-15,17,21-26H,4-9,11-12,16,18-20,27-28H2,1-3H3;5H,2-4H2,1H3,(H,7,8,9);1-2H3/q2*+1;;. The highest BCUT2D eigenvalue weighted by molar-refractivity contribution is 7.95. The number of nitrogens with one attached hydrogen (secondary N) is 1. The molecular weight excluding hydrogens is 1210 g/mol. The van der Waals surface area contributed by atoms with E-state index in [1.54, 1.807) is 23.7 Å². The third-order valence-electron chi connectivity index (χ3n) is 18.6. The first kappa shape index (κ1) is 77.4. The summed E-state index contributed by atoms with van der Waals surface area (Å²) in [5.41, 5.74) is 3.31. The minimum absolute atomic E-state index is 0.0192. The zero-order valence-electron chi connectivity index (χ0n) is 59.5. The van der Waals surface area contributed by atoms with Gasteiger partial charge in [0.25, 0.3) is 0 Å². The van der Waals surface area contributed by atoms with Crippen LogP contribution >= 0.6 is 14.5 Å². The SMILES string of the molecule is CC.CCCCCCCCc1cn(CCCCCCCCCC[P+](c2ccccc2)(c2ccccc2)c2ccccc2)nn1.CCCCc1cn[nH]n1.COC1=C(OC)C(=O)C(CCCCCCCCCC[P+](C2=CCCC=C2)(C2=CCCC=C2)c2ccccc2)=C(C)C1=O. The van der Waals surface area contributed by atoms with Crippen LogP contribution in [0.4, 0.5) is 0 Å². The number of allylic oxidation sites excluding steroid dienone is 10. The molecule has 3 aliphatic carbocycles. The number of nitrogens with zero attached hydrogens (tertiary/aromatic N) is 5. The average Bonchev–Trinajstić information content (AvgIpc) is 1.05. The zero-order valence-corrected chi connectivity index (χ0v) is 61.3. The van der Waals surface area contributed by atoms with Crippen LogP contribution in [-0.2, 0) is 38.4 Å². The molecule has 2 heterocycles. The number of benzene rings is 4. The van der Waals surface area contributed by atoms with Crippen molar-refractivity contribution in [3.8, 4) is 0 Å². The van der Waals surface area contributed by atoms with Crippen molar-refractivity contribution in [3.63, 3.8) is 0 Å². The number of methoxy groups -OCH3 is 2. The highest BCUT2D eigenvalue weighted by Gasteiger charge is 2.47. The molecule has 2 aromatic heterocycles. The lowest BCUT2D eigenvalue weighted by Gasteiger charge is -2.31. The second kappa shape index (κ2) is 45.8. The lowest BCUT2D eigenvalue weighted by Crippen LogP contribution is -2.33. The molecule has 0 radical (unpaired) electrons. The van der Waals surface area contributed by atoms with Crippen molar-refractivity contribution in [3.05, 3.63) is 215 Å². The van der Waals surface area contributed by atoms with E-state index in [1.165, 1.54) is 188 Å². The van der Waals surface area contributed by atoms with Gasteiger partial charge in [0.15, 0.2) is 0 Å². The Bertz CT molecular complexity index is 3130. The number of aromatic nitrogens is 6. The number of carbonyl (C=O) groups is 2. The van der Waals surface area contributed by atoms with Gasteiger partial charge in [-0.25, -0.2) is 0 Å². The number of carbonyl (C=O) groups excluding carboxylic acids is 2. The number of unbranched alkanes of at least 4 members (excludes halogenated alkanes) is 20. The van der Waals surface area contributed by atoms with E-state index in [9.17, 15) is 9.59 Å². The maximum atomic E-state index is 12.8. The molecular formula is C83H118N6O4P2+2. The Morgan fingerprint density at radius 2 is 0.874 bits per heavy atom. The van der Waals surface area contributed by atoms with Crippen LogP contribution in [0.1, 0.15) is 232 Å². The van der Waals surface area contributed by atoms with Crippen LogP contribution in [0.15, 0.2) is 203 Å². The third kappa shape index (κ3) is 24.5. The quantitative estimate of drug-likeness (QED) is 0.0229. The predicted molar refractivity (Wildman–Crippen MR) is 406 cm³/mol. The van der Waals surface area contributed by atoms with E-state index >= 15 is 0 Å². The van der Waals surface area contributed by atoms with Crippen LogP contribution in [0.3, 0.4) is 0 Å². The van der Waals surface area contributed by atoms with Gasteiger partial charge >= 0.3 is 0 Å². The summed E-state index contributed by atoms with van der Waals surface area (Å²) in [7, 11) is -0.504. The van der Waals surface area contributed by atoms with Crippen LogP contribution in [0.5, 0.6) is 0 Å². The summed E-state index contributed by atoms with van der Waals surface area (Å²) in [6.07, 6.45) is 58.7. The lowest BCUT2D eigenvalue weighted by molar-refractivity contribution is -0.121. The molecule has 10 nitrogen and oxygen atoms in total. The molecule has 0 saturated carbocycles. The molecule has 0 bridgehead atoms. The molecule has 0 spiro atoms. The Balaban J connectivity index is 0.000000259. The topological polar surface area (TPSA) is 125 Å². The van der Waals surface area contributed by atoms with Crippen LogP contribution < -0.4 is 21.2 Å². The highest BCUT2D eigenvalue weighted by Crippen LogP contribution is 2.73. The van der Waals surface area contributed by atoms with Gasteiger partial charge in [-0.1, -0.05) is 221 Å². The van der Waals surface area contributed by atoms with Crippen LogP contribution in [0, 0.1) is 0 Å². The molecule has 0 unspecified atom stereocenters. The van der Waals surface area contributed by atoms with Gasteiger partial charge in [0.2, 0.25) is 23.1 Å². The summed E-state index contributed by atoms with van der Waals surface area (Å²) < 4.78 is 12.4. The molecule has 6 aromatic rings. The van der Waals surface area contributed by atoms with Crippen molar-refractivity contribution in [2.24, 2.45) is 0 Å². The maximum absolute atomic E-state index is 12.8. The van der Waals surface area contributed by atoms with Gasteiger partial charge in [0.1, 0.15) is 46.4 Å². The van der Waals surface area contributed by atoms with E-state index in [4.69, 9.17) is 9.47 Å². The Labute approximate surface area is 575 Å². The Hall–Kier alpha value is -6.60. The minimum atomic E-state index is -1.68. The van der Waals surface area contributed by atoms with Gasteiger partial charge in [0, 0.05) is 23.9 Å². The predicted octanol–water partition coefficient (Wildman–Crippen LogP) is 20.8. The Morgan fingerprint density at radius 1 is 0.463 bits per heavy atom. The van der Waals surface area contributed by atoms with Gasteiger partial charge in [-0.2, -0.15) is 15.4 Å². The average molecular weight is 1330 g/mol. The van der Waals surface area contributed by atoms with Crippen molar-refractivity contribution >= 4 is 47.3 Å². The smallest absolute Gasteiger partial charge is 0.228 e. The first-order valence-corrected chi connectivity index (χ1v) is 40.8. The fourth-order valence-electron chi connectivity index (χ4n) is 13.4. The van der Waals surface area contributed by atoms with Gasteiger partial charge in [0.05, 0.1) is 44.1 Å². The van der Waals surface area contributed by atoms with Gasteiger partial charge in [-0.05, 0) is 176 Å². The molecule has 9 rings (SSSR count). The van der Waals surface area contributed by atoms with E-state index in [1.807, 2.05) is 13.8 Å². The maximum Gasteiger partial charge on any atom is 0.228 e. The summed E-state index contributed by atoms with van der Waals surface area (Å²) in [4.78, 5) is 25.4. The number of Topliss-reactive ketones (excluding diaryl/α,β-unsaturated/α-hetero) is 2. The number of ether oxygens (including phenoxy) is 2. The Morgan fingerprint density at radius 3 is 1.32 bits per heavy atom. The number of rotatable bonds is 40. The second-order valence-corrected chi connectivity index (χ2v) is 32.6. The summed E-state index contributed by atoms with van der Waals surface area (Å²) in [6.45, 7) is 11.2. The highest BCUT2D eigenvalue weighted by atomic mass is 31.2. The van der Waals surface area contributed by atoms with Crippen molar-refractivity contribution in [2.45, 2.75) is 240 Å². The number of ketones is 2. The van der Waals surface area contributed by atoms with Crippen molar-refractivity contribution < 1.29 is 19.1 Å². The fourth-order valence-corrected chi connectivity index (χ4v) is 22.5. The lowest BCUT2D eigenvalue weighted by atomic mass is 9.89. The normalized spacial score (nSPS) is 13.9. The monoisotopic (exact) mass is 1320 g/mol. The number of aromatic amines is 1. The Kier molecular flexibility index (Phi) is 37.3. The van der Waals surface area contributed by atoms with E-state index in [-0.39, 0.29) is 23.1 Å². The van der Waals surface area contributed by atoms with E-state index in [2.05, 4.69) is 208 Å². The van der Waals surface area contributed by atoms with Crippen molar-refractivity contribution in [1.82, 2.24) is 30.4 Å².